The van der Waals surface area contributed by atoms with Crippen LogP contribution < -0.4 is 0 Å². The van der Waals surface area contributed by atoms with Gasteiger partial charge in [-0.15, -0.1) is 0 Å². The summed E-state index contributed by atoms with van der Waals surface area (Å²) >= 11 is 3.38. The first-order valence-corrected chi connectivity index (χ1v) is 5.38. The van der Waals surface area contributed by atoms with Crippen LogP contribution in [0.1, 0.15) is 16.9 Å². The molecular formula is C11H11BrO3. The van der Waals surface area contributed by atoms with Crippen LogP contribution in [0.15, 0.2) is 21.0 Å². The summed E-state index contributed by atoms with van der Waals surface area (Å²) in [6.45, 7) is 1.78. The van der Waals surface area contributed by atoms with Crippen molar-refractivity contribution in [2.45, 2.75) is 20.1 Å². The molecule has 0 aliphatic heterocycles. The second kappa shape index (κ2) is 3.96. The molecule has 15 heavy (non-hydrogen) atoms. The number of furan rings is 1. The molecule has 0 radical (unpaired) electrons. The molecule has 80 valence electrons. The molecule has 0 saturated heterocycles. The summed E-state index contributed by atoms with van der Waals surface area (Å²) in [4.78, 5) is 0. The van der Waals surface area contributed by atoms with E-state index in [0.717, 1.165) is 21.0 Å². The fourth-order valence-electron chi connectivity index (χ4n) is 1.62. The van der Waals surface area contributed by atoms with Gasteiger partial charge in [-0.05, 0) is 40.5 Å². The molecule has 1 aromatic heterocycles. The highest BCUT2D eigenvalue weighted by molar-refractivity contribution is 9.10. The van der Waals surface area contributed by atoms with Gasteiger partial charge < -0.3 is 14.6 Å². The summed E-state index contributed by atoms with van der Waals surface area (Å²) in [6.07, 6.45) is 0. The topological polar surface area (TPSA) is 53.6 Å². The van der Waals surface area contributed by atoms with Crippen molar-refractivity contribution in [1.82, 2.24) is 0 Å². The molecule has 0 bridgehead atoms. The summed E-state index contributed by atoms with van der Waals surface area (Å²) < 4.78 is 6.30. The van der Waals surface area contributed by atoms with E-state index >= 15 is 0 Å². The number of benzene rings is 1. The Morgan fingerprint density at radius 2 is 2.00 bits per heavy atom. The first-order chi connectivity index (χ1) is 7.17. The Balaban J connectivity index is 2.77. The van der Waals surface area contributed by atoms with E-state index in [1.165, 1.54) is 0 Å². The van der Waals surface area contributed by atoms with Crippen LogP contribution in [0.3, 0.4) is 0 Å². The van der Waals surface area contributed by atoms with Crippen LogP contribution in [-0.2, 0) is 13.2 Å². The number of fused-ring (bicyclic) bond motifs is 1. The lowest BCUT2D eigenvalue weighted by Crippen LogP contribution is -1.84. The van der Waals surface area contributed by atoms with E-state index in [0.29, 0.717) is 11.3 Å². The Labute approximate surface area is 95.5 Å². The quantitative estimate of drug-likeness (QED) is 0.882. The van der Waals surface area contributed by atoms with E-state index in [2.05, 4.69) is 15.9 Å². The van der Waals surface area contributed by atoms with E-state index in [9.17, 15) is 0 Å². The Kier molecular flexibility index (Phi) is 2.82. The number of rotatable bonds is 2. The third kappa shape index (κ3) is 1.69. The Morgan fingerprint density at radius 1 is 1.27 bits per heavy atom. The van der Waals surface area contributed by atoms with E-state index < -0.39 is 0 Å². The van der Waals surface area contributed by atoms with Gasteiger partial charge in [0, 0.05) is 10.9 Å². The van der Waals surface area contributed by atoms with Gasteiger partial charge in [0.15, 0.2) is 0 Å². The maximum absolute atomic E-state index is 9.08. The molecule has 0 amide bonds. The van der Waals surface area contributed by atoms with Crippen LogP contribution in [0.4, 0.5) is 0 Å². The predicted molar refractivity (Wildman–Crippen MR) is 60.5 cm³/mol. The Hall–Kier alpha value is -0.840. The van der Waals surface area contributed by atoms with Gasteiger partial charge in [-0.3, -0.25) is 0 Å². The van der Waals surface area contributed by atoms with E-state index in [-0.39, 0.29) is 13.2 Å². The smallest absolute Gasteiger partial charge is 0.148 e. The number of hydrogen-bond donors (Lipinski definition) is 2. The van der Waals surface area contributed by atoms with Crippen molar-refractivity contribution in [1.29, 1.82) is 0 Å². The molecule has 1 heterocycles. The zero-order chi connectivity index (χ0) is 11.0. The molecule has 0 spiro atoms. The Bertz CT molecular complexity index is 502. The van der Waals surface area contributed by atoms with Gasteiger partial charge in [-0.2, -0.15) is 0 Å². The van der Waals surface area contributed by atoms with Gasteiger partial charge in [0.05, 0.1) is 11.1 Å². The summed E-state index contributed by atoms with van der Waals surface area (Å²) in [7, 11) is 0. The first-order valence-electron chi connectivity index (χ1n) is 4.59. The Morgan fingerprint density at radius 3 is 2.60 bits per heavy atom. The number of halogens is 1. The lowest BCUT2D eigenvalue weighted by molar-refractivity contribution is 0.250. The van der Waals surface area contributed by atoms with Crippen LogP contribution in [-0.4, -0.2) is 10.2 Å². The number of hydrogen-bond acceptors (Lipinski definition) is 3. The summed E-state index contributed by atoms with van der Waals surface area (Å²) in [5.41, 5.74) is 2.46. The highest BCUT2D eigenvalue weighted by Crippen LogP contribution is 2.32. The molecule has 2 aromatic rings. The van der Waals surface area contributed by atoms with Crippen molar-refractivity contribution < 1.29 is 14.6 Å². The average Bonchev–Trinajstić information content (AvgIpc) is 2.56. The molecule has 0 aliphatic rings. The maximum atomic E-state index is 9.08. The lowest BCUT2D eigenvalue weighted by atomic mass is 10.1. The van der Waals surface area contributed by atoms with Gasteiger partial charge in [-0.25, -0.2) is 0 Å². The molecule has 2 rings (SSSR count). The fraction of sp³-hybridized carbons (Fsp3) is 0.273. The van der Waals surface area contributed by atoms with Crippen molar-refractivity contribution in [3.05, 3.63) is 33.5 Å². The predicted octanol–water partition coefficient (Wildman–Crippen LogP) is 2.49. The van der Waals surface area contributed by atoms with Gasteiger partial charge in [-0.1, -0.05) is 0 Å². The molecule has 0 aliphatic carbocycles. The molecule has 0 unspecified atom stereocenters. The SMILES string of the molecule is Cc1c(CO)oc2c(Br)cc(CO)cc12. The number of aryl methyl sites for hydroxylation is 1. The third-order valence-corrected chi connectivity index (χ3v) is 3.07. The lowest BCUT2D eigenvalue weighted by Gasteiger charge is -1.98. The molecule has 4 heteroatoms. The van der Waals surface area contributed by atoms with Crippen LogP contribution >= 0.6 is 15.9 Å². The van der Waals surface area contributed by atoms with Gasteiger partial charge >= 0.3 is 0 Å². The van der Waals surface area contributed by atoms with Crippen molar-refractivity contribution in [2.75, 3.05) is 0 Å². The highest BCUT2D eigenvalue weighted by atomic mass is 79.9. The van der Waals surface area contributed by atoms with Crippen LogP contribution in [0.2, 0.25) is 0 Å². The van der Waals surface area contributed by atoms with Crippen molar-refractivity contribution in [2.24, 2.45) is 0 Å². The number of aliphatic hydroxyl groups is 2. The third-order valence-electron chi connectivity index (χ3n) is 2.48. The molecule has 0 fully saturated rings. The van der Waals surface area contributed by atoms with Gasteiger partial charge in [0.1, 0.15) is 18.0 Å². The summed E-state index contributed by atoms with van der Waals surface area (Å²) in [6, 6.07) is 3.69. The van der Waals surface area contributed by atoms with Crippen molar-refractivity contribution in [3.63, 3.8) is 0 Å². The minimum Gasteiger partial charge on any atom is -0.457 e. The summed E-state index contributed by atoms with van der Waals surface area (Å²) in [5.74, 6) is 0.570. The van der Waals surface area contributed by atoms with Crippen LogP contribution in [0, 0.1) is 6.92 Å². The first kappa shape index (κ1) is 10.7. The van der Waals surface area contributed by atoms with Gasteiger partial charge in [0.25, 0.3) is 0 Å². The van der Waals surface area contributed by atoms with E-state index in [4.69, 9.17) is 14.6 Å². The van der Waals surface area contributed by atoms with E-state index in [1.54, 1.807) is 0 Å². The second-order valence-corrected chi connectivity index (χ2v) is 4.28. The maximum Gasteiger partial charge on any atom is 0.148 e. The molecule has 3 nitrogen and oxygen atoms in total. The zero-order valence-electron chi connectivity index (χ0n) is 8.25. The van der Waals surface area contributed by atoms with Crippen LogP contribution in [0.5, 0.6) is 0 Å². The van der Waals surface area contributed by atoms with Gasteiger partial charge in [0.2, 0.25) is 0 Å². The molecule has 0 saturated carbocycles. The minimum absolute atomic E-state index is 0.00633. The van der Waals surface area contributed by atoms with Crippen LogP contribution in [0.25, 0.3) is 11.0 Å². The normalized spacial score (nSPS) is 11.2. The highest BCUT2D eigenvalue weighted by Gasteiger charge is 2.12. The standard InChI is InChI=1S/C11H11BrO3/c1-6-8-2-7(4-13)3-9(12)11(8)15-10(6)5-14/h2-3,13-14H,4-5H2,1H3. The second-order valence-electron chi connectivity index (χ2n) is 3.42. The average molecular weight is 271 g/mol. The molecule has 2 N–H and O–H groups in total. The largest absolute Gasteiger partial charge is 0.457 e. The molecule has 1 aromatic carbocycles. The minimum atomic E-state index is -0.110. The molecular weight excluding hydrogens is 260 g/mol. The van der Waals surface area contributed by atoms with E-state index in [1.807, 2.05) is 19.1 Å². The monoisotopic (exact) mass is 270 g/mol. The zero-order valence-corrected chi connectivity index (χ0v) is 9.84. The fourth-order valence-corrected chi connectivity index (χ4v) is 2.21. The summed E-state index contributed by atoms with van der Waals surface area (Å²) in [5, 5.41) is 19.1. The number of aliphatic hydroxyl groups excluding tert-OH is 2. The molecule has 0 atom stereocenters. The van der Waals surface area contributed by atoms with Crippen molar-refractivity contribution in [3.8, 4) is 0 Å². The van der Waals surface area contributed by atoms with Crippen molar-refractivity contribution >= 4 is 26.9 Å².